The van der Waals surface area contributed by atoms with Gasteiger partial charge in [0.15, 0.2) is 118 Å². The van der Waals surface area contributed by atoms with Crippen LogP contribution in [-0.2, 0) is 122 Å². The largest absolute Gasteiger partial charge is 0.492 e. The Labute approximate surface area is 793 Å². The van der Waals surface area contributed by atoms with Crippen molar-refractivity contribution in [2.24, 2.45) is 0 Å². The first-order valence-electron chi connectivity index (χ1n) is 39.5. The van der Waals surface area contributed by atoms with Gasteiger partial charge in [-0.2, -0.15) is 43.8 Å². The van der Waals surface area contributed by atoms with Crippen molar-refractivity contribution in [3.63, 3.8) is 0 Å². The van der Waals surface area contributed by atoms with E-state index < -0.39 is 95.0 Å². The number of alkyl halides is 3. The molecule has 12 aromatic heterocycles. The number of nitrogens with zero attached hydrogens (tertiary/aromatic N) is 24. The topological polar surface area (TPSA) is 604 Å². The summed E-state index contributed by atoms with van der Waals surface area (Å²) in [6.07, 6.45) is 41.9. The van der Waals surface area contributed by atoms with E-state index in [2.05, 4.69) is 109 Å². The molecular formula is C80H70F3N31O17S7. The summed E-state index contributed by atoms with van der Waals surface area (Å²) in [7, 11) is -3.38. The molecule has 7 unspecified atom stereocenters. The SMILES string of the molecule is CN(C)c1ccn(C2=CC(=O)NS2=O)n1.CN(C)c1ccnn1C1=CC(=O)NS1=O.Cc1cnc(-c2cnn(C3=CC(=O)NS3=O)c2)cn1.O=C(O)C(F)(F)F.O=C1C=C(n2cc(-c3ccncc3)cn2)S(=O)N1.O=C1C=C(n2cc(-c3cnc(C4CC4)cn3)cn2)S(=O)N1.O=C1C=C(n2cc(-c3cnc4ccccc4n3)cn2)S(=O)N1.O=C1C=C(n2cc(CCOc3cccnc3)cn2)S(=O)N1. The zero-order chi connectivity index (χ0) is 98.2. The lowest BCUT2D eigenvalue weighted by Crippen LogP contribution is -2.21. The quantitative estimate of drug-likeness (QED) is 0.0612. The fraction of sp³-hybridized carbons (Fsp3) is 0.138. The van der Waals surface area contributed by atoms with Crippen molar-refractivity contribution in [3.05, 3.63) is 250 Å². The Morgan fingerprint density at radius 1 is 0.428 bits per heavy atom. The highest BCUT2D eigenvalue weighted by Crippen LogP contribution is 2.39. The second kappa shape index (κ2) is 43.8. The first-order valence-corrected chi connectivity index (χ1v) is 47.5. The highest BCUT2D eigenvalue weighted by Gasteiger charge is 2.38. The number of anilines is 2. The standard InChI is InChI=1S/C14H9N5O2S.C13H11N5O2S.C13H12N4O3S.C11H9N5O2S.C11H8N4O2S.2C8H10N4O2S.C2HF3O2/c20-13-5-14(22(21)18-13)19-8-9(6-16-19)12-7-15-10-3-1-2-4-11(10)17-12;19-12-3-13(21(20)17-12)18-7-9(4-16-18)11-6-14-10(5-15-11)8-1-2-8;18-12-6-13(21(19)16-12)17-9-10(7-15-17)3-5-20-11-2-1-4-14-8-11;1-7-3-13-9(5-12-7)8-4-14-16(6-8)11-2-10(17)15-19(11)18;16-10-5-11(18(17)14-10)15-7-9(6-13-15)8-1-3-12-4-2-8;1-11(2)7-3-4-9-12(7)8-5-6(13)10-15(8)14;1-11(2)6-3-4-12(9-6)8-5-7(13)10-15(8)14;3-2(4,5)1(6)7/h1-8H,(H,18,20);3-8H,1-2H2,(H,17,19);1-2,4,6-9H,3,5H2,(H,16,18);2-6H,1H3,(H,15,17);1-7H,(H,14,16);2*3-5H,1-2H3,(H,10,13);(H,6,7). The number of carbonyl (C=O) groups excluding carboxylic acids is 7. The van der Waals surface area contributed by atoms with Gasteiger partial charge in [-0.1, -0.05) is 12.1 Å². The van der Waals surface area contributed by atoms with Crippen LogP contribution in [-0.4, -0.2) is 231 Å². The van der Waals surface area contributed by atoms with Crippen LogP contribution in [0.4, 0.5) is 24.8 Å². The van der Waals surface area contributed by atoms with Crippen LogP contribution in [0.5, 0.6) is 5.75 Å². The molecule has 7 aliphatic heterocycles. The number of aromatic nitrogens is 22. The highest BCUT2D eigenvalue weighted by molar-refractivity contribution is 7.95. The molecule has 0 radical (unpaired) electrons. The van der Waals surface area contributed by atoms with Crippen LogP contribution < -0.4 is 47.6 Å². The number of amides is 7. The number of para-hydroxylation sites is 2. The van der Waals surface area contributed by atoms with Gasteiger partial charge >= 0.3 is 12.1 Å². The third-order valence-electron chi connectivity index (χ3n) is 18.4. The number of rotatable bonds is 18. The normalized spacial score (nSPS) is 18.5. The Morgan fingerprint density at radius 2 is 0.855 bits per heavy atom. The van der Waals surface area contributed by atoms with Crippen LogP contribution in [0, 0.1) is 6.92 Å². The minimum absolute atomic E-state index is 0.296. The Hall–Kier alpha value is -16.3. The Bertz CT molecular complexity index is 7310. The Kier molecular flexibility index (Phi) is 31.0. The molecule has 1 aliphatic carbocycles. The van der Waals surface area contributed by atoms with E-state index in [0.717, 1.165) is 67.4 Å². The summed E-state index contributed by atoms with van der Waals surface area (Å²) in [6.45, 7) is 2.33. The molecule has 710 valence electrons. The van der Waals surface area contributed by atoms with Gasteiger partial charge < -0.3 is 19.6 Å². The zero-order valence-corrected chi connectivity index (χ0v) is 77.3. The molecule has 0 saturated heterocycles. The number of hydrogen-bond donors (Lipinski definition) is 8. The molecule has 13 aromatic rings. The molecule has 1 saturated carbocycles. The van der Waals surface area contributed by atoms with Crippen molar-refractivity contribution in [2.75, 3.05) is 44.6 Å². The minimum atomic E-state index is -5.08. The number of aliphatic carboxylic acids is 1. The van der Waals surface area contributed by atoms with E-state index in [1.54, 1.807) is 148 Å². The van der Waals surface area contributed by atoms with Crippen LogP contribution in [0.1, 0.15) is 35.7 Å². The fourth-order valence-corrected chi connectivity index (χ4v) is 17.6. The van der Waals surface area contributed by atoms with Gasteiger partial charge in [-0.25, -0.2) is 72.0 Å². The van der Waals surface area contributed by atoms with E-state index in [1.165, 1.54) is 88.1 Å². The van der Waals surface area contributed by atoms with Crippen LogP contribution in [0.25, 0.3) is 91.1 Å². The molecule has 0 spiro atoms. The summed E-state index contributed by atoms with van der Waals surface area (Å²) < 4.78 is 144. The lowest BCUT2D eigenvalue weighted by Gasteiger charge is -2.13. The number of benzene rings is 1. The summed E-state index contributed by atoms with van der Waals surface area (Å²) in [5.41, 5.74) is 10.5. The predicted molar refractivity (Wildman–Crippen MR) is 496 cm³/mol. The molecule has 58 heteroatoms. The number of carboxylic acids is 1. The summed E-state index contributed by atoms with van der Waals surface area (Å²) in [6, 6.07) is 18.5. The molecule has 8 N–H and O–H groups in total. The van der Waals surface area contributed by atoms with Gasteiger partial charge in [0.25, 0.3) is 41.4 Å². The van der Waals surface area contributed by atoms with E-state index >= 15 is 0 Å². The van der Waals surface area contributed by atoms with Gasteiger partial charge in [-0.3, -0.25) is 102 Å². The maximum absolute atomic E-state index is 11.7. The number of fused-ring (bicyclic) bond motifs is 1. The molecule has 48 nitrogen and oxygen atoms in total. The maximum Gasteiger partial charge on any atom is 0.490 e. The van der Waals surface area contributed by atoms with Crippen LogP contribution in [0.2, 0.25) is 0 Å². The molecule has 21 rings (SSSR count). The predicted octanol–water partition coefficient (Wildman–Crippen LogP) is 2.88. The van der Waals surface area contributed by atoms with Crippen molar-refractivity contribution in [3.8, 4) is 50.6 Å². The molecule has 7 amide bonds. The monoisotopic (exact) mass is 2020 g/mol. The third-order valence-corrected chi connectivity index (χ3v) is 25.9. The number of aryl methyl sites for hydroxylation is 1. The van der Waals surface area contributed by atoms with Crippen molar-refractivity contribution in [2.45, 2.75) is 38.3 Å². The number of pyridine rings is 2. The zero-order valence-electron chi connectivity index (χ0n) is 71.5. The van der Waals surface area contributed by atoms with Crippen molar-refractivity contribution < 1.29 is 90.8 Å². The number of carboxylic acid groups (broad SMARTS) is 1. The number of carbonyl (C=O) groups is 8. The van der Waals surface area contributed by atoms with Crippen molar-refractivity contribution in [1.29, 1.82) is 0 Å². The molecule has 8 aliphatic rings. The van der Waals surface area contributed by atoms with Gasteiger partial charge in [-0.05, 0) is 67.3 Å². The van der Waals surface area contributed by atoms with Crippen LogP contribution in [0.3, 0.4) is 0 Å². The molecule has 19 heterocycles. The van der Waals surface area contributed by atoms with Crippen LogP contribution in [0.15, 0.2) is 233 Å². The second-order valence-electron chi connectivity index (χ2n) is 28.7. The minimum Gasteiger partial charge on any atom is -0.492 e. The molecule has 0 bridgehead atoms. The van der Waals surface area contributed by atoms with Crippen molar-refractivity contribution in [1.82, 2.24) is 141 Å². The van der Waals surface area contributed by atoms with Crippen molar-refractivity contribution >= 4 is 182 Å². The lowest BCUT2D eigenvalue weighted by molar-refractivity contribution is -0.192. The maximum atomic E-state index is 11.7. The number of ether oxygens (including phenoxy) is 1. The first-order chi connectivity index (χ1) is 66.1. The van der Waals surface area contributed by atoms with E-state index in [0.29, 0.717) is 77.0 Å². The average Bonchev–Trinajstić information content (AvgIpc) is 1.65. The van der Waals surface area contributed by atoms with Gasteiger partial charge in [0.05, 0.1) is 108 Å². The molecule has 138 heavy (non-hydrogen) atoms. The fourth-order valence-electron chi connectivity index (χ4n) is 11.8. The molecule has 1 aromatic carbocycles. The smallest absolute Gasteiger partial charge is 0.490 e. The van der Waals surface area contributed by atoms with Gasteiger partial charge in [0.1, 0.15) is 11.6 Å². The van der Waals surface area contributed by atoms with Gasteiger partial charge in [0.2, 0.25) is 0 Å². The van der Waals surface area contributed by atoms with E-state index in [9.17, 15) is 76.2 Å². The van der Waals surface area contributed by atoms with Crippen LogP contribution >= 0.6 is 0 Å². The number of nitrogens with one attached hydrogen (secondary N) is 7. The second-order valence-corrected chi connectivity index (χ2v) is 36.9. The van der Waals surface area contributed by atoms with E-state index in [-0.39, 0.29) is 35.4 Å². The van der Waals surface area contributed by atoms with E-state index in [4.69, 9.17) is 14.6 Å². The molecule has 7 atom stereocenters. The summed E-state index contributed by atoms with van der Waals surface area (Å²) in [5.74, 6) is -2.59. The molecule has 1 fully saturated rings. The van der Waals surface area contributed by atoms with Gasteiger partial charge in [-0.15, -0.1) is 5.10 Å². The highest BCUT2D eigenvalue weighted by atomic mass is 32.2. The Morgan fingerprint density at radius 3 is 1.27 bits per heavy atom. The average molecular weight is 2020 g/mol. The summed E-state index contributed by atoms with van der Waals surface area (Å²) in [4.78, 5) is 124. The molecular weight excluding hydrogens is 1950 g/mol. The Balaban J connectivity index is 0.000000127. The third kappa shape index (κ3) is 25.2. The van der Waals surface area contributed by atoms with E-state index in [1.807, 2.05) is 87.4 Å². The van der Waals surface area contributed by atoms with Gasteiger partial charge in [0, 0.05) is 186 Å². The number of halogens is 3. The summed E-state index contributed by atoms with van der Waals surface area (Å²) in [5, 5.41) is 38.1. The summed E-state index contributed by atoms with van der Waals surface area (Å²) >= 11 is 0. The lowest BCUT2D eigenvalue weighted by atomic mass is 10.1. The number of hydrogen-bond acceptors (Lipinski definition) is 33. The first kappa shape index (κ1) is 97.7.